The Morgan fingerprint density at radius 3 is 2.19 bits per heavy atom. The SMILES string of the molecule is N#Cc1cn(-c2c(Cl)cc(F)cc2Cl)cc1SC(F)(F)F. The van der Waals surface area contributed by atoms with E-state index in [4.69, 9.17) is 28.5 Å². The van der Waals surface area contributed by atoms with Crippen molar-refractivity contribution in [2.45, 2.75) is 10.4 Å². The molecule has 2 rings (SSSR count). The van der Waals surface area contributed by atoms with Crippen molar-refractivity contribution in [2.75, 3.05) is 0 Å². The summed E-state index contributed by atoms with van der Waals surface area (Å²) in [6.45, 7) is 0. The molecule has 0 saturated heterocycles. The number of halogens is 6. The molecule has 0 aliphatic rings. The van der Waals surface area contributed by atoms with Gasteiger partial charge in [-0.25, -0.2) is 4.39 Å². The molecule has 9 heteroatoms. The Hall–Kier alpha value is -1.36. The standard InChI is InChI=1S/C12H4Cl2F4N2S/c13-8-1-7(15)2-9(14)11(8)20-4-6(3-19)10(5-20)21-12(16,17)18/h1-2,4-5H. The second-order valence-electron chi connectivity index (χ2n) is 3.82. The smallest absolute Gasteiger partial charge is 0.319 e. The van der Waals surface area contributed by atoms with Crippen LogP contribution in [0, 0.1) is 17.1 Å². The monoisotopic (exact) mass is 354 g/mol. The summed E-state index contributed by atoms with van der Waals surface area (Å²) >= 11 is 11.3. The van der Waals surface area contributed by atoms with E-state index >= 15 is 0 Å². The predicted octanol–water partition coefficient (Wildman–Crippen LogP) is 5.41. The molecule has 0 radical (unpaired) electrons. The molecular weight excluding hydrogens is 351 g/mol. The molecule has 110 valence electrons. The quantitative estimate of drug-likeness (QED) is 0.533. The van der Waals surface area contributed by atoms with Crippen LogP contribution in [0.3, 0.4) is 0 Å². The van der Waals surface area contributed by atoms with E-state index < -0.39 is 23.1 Å². The lowest BCUT2D eigenvalue weighted by molar-refractivity contribution is -0.0328. The van der Waals surface area contributed by atoms with Gasteiger partial charge in [0.25, 0.3) is 0 Å². The van der Waals surface area contributed by atoms with E-state index in [9.17, 15) is 17.6 Å². The van der Waals surface area contributed by atoms with E-state index in [1.165, 1.54) is 0 Å². The normalized spacial score (nSPS) is 11.5. The van der Waals surface area contributed by atoms with Crippen molar-refractivity contribution in [3.63, 3.8) is 0 Å². The summed E-state index contributed by atoms with van der Waals surface area (Å²) in [5.74, 6) is -0.675. The number of hydrogen-bond donors (Lipinski definition) is 0. The first-order valence-electron chi connectivity index (χ1n) is 5.24. The molecule has 0 N–H and O–H groups in total. The molecule has 1 aromatic carbocycles. The molecule has 0 amide bonds. The molecule has 2 aromatic rings. The van der Waals surface area contributed by atoms with Crippen LogP contribution in [0.2, 0.25) is 10.0 Å². The molecule has 0 saturated carbocycles. The summed E-state index contributed by atoms with van der Waals surface area (Å²) in [7, 11) is 0. The molecule has 0 fully saturated rings. The number of rotatable bonds is 2. The first-order valence-corrected chi connectivity index (χ1v) is 6.81. The van der Waals surface area contributed by atoms with Crippen molar-refractivity contribution >= 4 is 35.0 Å². The van der Waals surface area contributed by atoms with Gasteiger partial charge in [-0.1, -0.05) is 23.2 Å². The first-order chi connectivity index (χ1) is 9.71. The second kappa shape index (κ2) is 5.79. The van der Waals surface area contributed by atoms with Crippen molar-refractivity contribution in [3.8, 4) is 11.8 Å². The van der Waals surface area contributed by atoms with Gasteiger partial charge in [0, 0.05) is 12.4 Å². The van der Waals surface area contributed by atoms with E-state index in [-0.39, 0.29) is 26.2 Å². The van der Waals surface area contributed by atoms with Gasteiger partial charge in [0.2, 0.25) is 0 Å². The molecule has 0 spiro atoms. The topological polar surface area (TPSA) is 28.7 Å². The third kappa shape index (κ3) is 3.64. The van der Waals surface area contributed by atoms with E-state index in [1.807, 2.05) is 0 Å². The fourth-order valence-corrected chi connectivity index (χ4v) is 2.92. The maximum absolute atomic E-state index is 13.1. The van der Waals surface area contributed by atoms with Gasteiger partial charge in [0.05, 0.1) is 26.2 Å². The van der Waals surface area contributed by atoms with Gasteiger partial charge in [-0.3, -0.25) is 0 Å². The first kappa shape index (κ1) is 16.0. The van der Waals surface area contributed by atoms with Gasteiger partial charge in [0.1, 0.15) is 11.9 Å². The van der Waals surface area contributed by atoms with Gasteiger partial charge in [-0.2, -0.15) is 18.4 Å². The Kier molecular flexibility index (Phi) is 4.42. The molecule has 0 atom stereocenters. The lowest BCUT2D eigenvalue weighted by atomic mass is 10.3. The van der Waals surface area contributed by atoms with Gasteiger partial charge < -0.3 is 4.57 Å². The molecule has 0 unspecified atom stereocenters. The highest BCUT2D eigenvalue weighted by Gasteiger charge is 2.31. The Bertz CT molecular complexity index is 711. The average Bonchev–Trinajstić information content (AvgIpc) is 2.67. The van der Waals surface area contributed by atoms with Crippen LogP contribution in [-0.2, 0) is 0 Å². The number of aromatic nitrogens is 1. The van der Waals surface area contributed by atoms with Crippen molar-refractivity contribution in [1.29, 1.82) is 5.26 Å². The lowest BCUT2D eigenvalue weighted by Crippen LogP contribution is -1.99. The number of nitrogens with zero attached hydrogens (tertiary/aromatic N) is 2. The third-order valence-electron chi connectivity index (χ3n) is 2.38. The fraction of sp³-hybridized carbons (Fsp3) is 0.0833. The van der Waals surface area contributed by atoms with E-state index in [0.29, 0.717) is 0 Å². The highest BCUT2D eigenvalue weighted by Crippen LogP contribution is 2.40. The minimum Gasteiger partial charge on any atom is -0.319 e. The summed E-state index contributed by atoms with van der Waals surface area (Å²) < 4.78 is 51.5. The Morgan fingerprint density at radius 2 is 1.71 bits per heavy atom. The number of thioether (sulfide) groups is 1. The Morgan fingerprint density at radius 1 is 1.14 bits per heavy atom. The molecule has 2 nitrogen and oxygen atoms in total. The zero-order chi connectivity index (χ0) is 15.8. The second-order valence-corrected chi connectivity index (χ2v) is 5.74. The van der Waals surface area contributed by atoms with Crippen molar-refractivity contribution in [1.82, 2.24) is 4.57 Å². The van der Waals surface area contributed by atoms with Crippen LogP contribution in [-0.4, -0.2) is 10.1 Å². The Labute approximate surface area is 130 Å². The average molecular weight is 355 g/mol. The number of hydrogen-bond acceptors (Lipinski definition) is 2. The van der Waals surface area contributed by atoms with Gasteiger partial charge in [0.15, 0.2) is 0 Å². The molecule has 1 aromatic heterocycles. The summed E-state index contributed by atoms with van der Waals surface area (Å²) in [6, 6.07) is 3.61. The molecule has 0 aliphatic carbocycles. The van der Waals surface area contributed by atoms with Crippen LogP contribution in [0.25, 0.3) is 5.69 Å². The van der Waals surface area contributed by atoms with Gasteiger partial charge in [-0.15, -0.1) is 0 Å². The minimum atomic E-state index is -4.53. The van der Waals surface area contributed by atoms with Crippen LogP contribution >= 0.6 is 35.0 Å². The summed E-state index contributed by atoms with van der Waals surface area (Å²) in [4.78, 5) is -0.290. The summed E-state index contributed by atoms with van der Waals surface area (Å²) in [5, 5.41) is 8.73. The minimum absolute atomic E-state index is 0.0805. The molecule has 1 heterocycles. The maximum Gasteiger partial charge on any atom is 0.446 e. The third-order valence-corrected chi connectivity index (χ3v) is 3.73. The Balaban J connectivity index is 2.55. The van der Waals surface area contributed by atoms with Crippen LogP contribution in [0.5, 0.6) is 0 Å². The largest absolute Gasteiger partial charge is 0.446 e. The summed E-state index contributed by atoms with van der Waals surface area (Å²) in [5.41, 5.74) is -4.62. The zero-order valence-corrected chi connectivity index (χ0v) is 12.2. The van der Waals surface area contributed by atoms with E-state index in [2.05, 4.69) is 0 Å². The summed E-state index contributed by atoms with van der Waals surface area (Å²) in [6.07, 6.45) is 2.22. The van der Waals surface area contributed by atoms with E-state index in [0.717, 1.165) is 29.1 Å². The van der Waals surface area contributed by atoms with Crippen molar-refractivity contribution in [2.24, 2.45) is 0 Å². The van der Waals surface area contributed by atoms with Gasteiger partial charge in [-0.05, 0) is 23.9 Å². The van der Waals surface area contributed by atoms with Crippen LogP contribution in [0.4, 0.5) is 17.6 Å². The van der Waals surface area contributed by atoms with Gasteiger partial charge >= 0.3 is 5.51 Å². The molecule has 0 bridgehead atoms. The highest BCUT2D eigenvalue weighted by atomic mass is 35.5. The maximum atomic E-state index is 13.1. The van der Waals surface area contributed by atoms with Crippen molar-refractivity contribution < 1.29 is 17.6 Å². The fourth-order valence-electron chi connectivity index (χ4n) is 1.64. The molecule has 0 aliphatic heterocycles. The number of benzene rings is 1. The lowest BCUT2D eigenvalue weighted by Gasteiger charge is -2.08. The number of alkyl halides is 3. The highest BCUT2D eigenvalue weighted by molar-refractivity contribution is 8.00. The van der Waals surface area contributed by atoms with Crippen molar-refractivity contribution in [3.05, 3.63) is 46.0 Å². The molecular formula is C12H4Cl2F4N2S. The van der Waals surface area contributed by atoms with E-state index in [1.54, 1.807) is 6.07 Å². The number of nitriles is 1. The van der Waals surface area contributed by atoms with Crippen LogP contribution in [0.15, 0.2) is 29.4 Å². The zero-order valence-electron chi connectivity index (χ0n) is 9.88. The molecule has 21 heavy (non-hydrogen) atoms. The van der Waals surface area contributed by atoms with Crippen LogP contribution in [0.1, 0.15) is 5.56 Å². The predicted molar refractivity (Wildman–Crippen MR) is 72.4 cm³/mol. The van der Waals surface area contributed by atoms with Crippen LogP contribution < -0.4 is 0 Å².